The summed E-state index contributed by atoms with van der Waals surface area (Å²) in [5.74, 6) is 0.748. The molecule has 5 heteroatoms. The van der Waals surface area contributed by atoms with Crippen molar-refractivity contribution in [3.05, 3.63) is 30.1 Å². The van der Waals surface area contributed by atoms with E-state index in [0.717, 1.165) is 19.5 Å². The van der Waals surface area contributed by atoms with Gasteiger partial charge in [0.05, 0.1) is 6.54 Å². The van der Waals surface area contributed by atoms with E-state index in [1.807, 2.05) is 0 Å². The van der Waals surface area contributed by atoms with Gasteiger partial charge in [-0.2, -0.15) is 0 Å². The van der Waals surface area contributed by atoms with Crippen LogP contribution in [0.1, 0.15) is 12.8 Å². The maximum atomic E-state index is 13.0. The predicted molar refractivity (Wildman–Crippen MR) is 75.7 cm³/mol. The summed E-state index contributed by atoms with van der Waals surface area (Å²) in [7, 11) is 0. The lowest BCUT2D eigenvalue weighted by molar-refractivity contribution is -0.117. The van der Waals surface area contributed by atoms with E-state index in [1.54, 1.807) is 12.1 Å². The molecule has 3 atom stereocenters. The molecule has 3 N–H and O–H groups in total. The summed E-state index contributed by atoms with van der Waals surface area (Å²) in [6, 6.07) is 6.25. The molecular formula is C15H20FN3O. The Morgan fingerprint density at radius 1 is 1.40 bits per heavy atom. The number of anilines is 1. The highest BCUT2D eigenvalue weighted by Gasteiger charge is 2.41. The molecule has 3 unspecified atom stereocenters. The first-order valence-corrected chi connectivity index (χ1v) is 7.15. The Bertz CT molecular complexity index is 508. The number of fused-ring (bicyclic) bond motifs is 1. The van der Waals surface area contributed by atoms with Crippen LogP contribution in [-0.2, 0) is 4.79 Å². The number of carbonyl (C=O) groups is 1. The summed E-state index contributed by atoms with van der Waals surface area (Å²) in [4.78, 5) is 14.1. The molecule has 1 heterocycles. The zero-order chi connectivity index (χ0) is 14.1. The van der Waals surface area contributed by atoms with Crippen LogP contribution in [0.2, 0.25) is 0 Å². The molecule has 1 aliphatic carbocycles. The Hall–Kier alpha value is -1.46. The fourth-order valence-electron chi connectivity index (χ4n) is 3.50. The van der Waals surface area contributed by atoms with Crippen molar-refractivity contribution in [1.82, 2.24) is 4.90 Å². The van der Waals surface area contributed by atoms with Crippen molar-refractivity contribution >= 4 is 11.6 Å². The highest BCUT2D eigenvalue weighted by Crippen LogP contribution is 2.36. The standard InChI is InChI=1S/C15H20FN3O/c16-11-2-1-3-12(6-11)18-15(20)9-19-7-10-4-5-14(17)13(10)8-19/h1-3,6,10,13-14H,4-5,7-9,17H2,(H,18,20). The van der Waals surface area contributed by atoms with E-state index < -0.39 is 0 Å². The second-order valence-electron chi connectivity index (χ2n) is 5.92. The normalized spacial score (nSPS) is 29.4. The van der Waals surface area contributed by atoms with Crippen LogP contribution in [-0.4, -0.2) is 36.5 Å². The maximum absolute atomic E-state index is 13.0. The molecule has 2 aliphatic rings. The summed E-state index contributed by atoms with van der Waals surface area (Å²) >= 11 is 0. The summed E-state index contributed by atoms with van der Waals surface area (Å²) in [6.07, 6.45) is 2.28. The van der Waals surface area contributed by atoms with E-state index in [2.05, 4.69) is 10.2 Å². The zero-order valence-electron chi connectivity index (χ0n) is 11.4. The van der Waals surface area contributed by atoms with Crippen LogP contribution in [0.5, 0.6) is 0 Å². The fraction of sp³-hybridized carbons (Fsp3) is 0.533. The highest BCUT2D eigenvalue weighted by atomic mass is 19.1. The molecule has 1 saturated heterocycles. The number of nitrogens with zero attached hydrogens (tertiary/aromatic N) is 1. The van der Waals surface area contributed by atoms with Crippen LogP contribution in [0.3, 0.4) is 0 Å². The molecule has 1 aliphatic heterocycles. The minimum atomic E-state index is -0.343. The van der Waals surface area contributed by atoms with E-state index in [-0.39, 0.29) is 17.8 Å². The van der Waals surface area contributed by atoms with Gasteiger partial charge in [-0.1, -0.05) is 6.07 Å². The highest BCUT2D eigenvalue weighted by molar-refractivity contribution is 5.92. The summed E-state index contributed by atoms with van der Waals surface area (Å²) < 4.78 is 13.0. The largest absolute Gasteiger partial charge is 0.327 e. The van der Waals surface area contributed by atoms with Crippen molar-refractivity contribution in [3.8, 4) is 0 Å². The topological polar surface area (TPSA) is 58.4 Å². The number of carbonyl (C=O) groups excluding carboxylic acids is 1. The van der Waals surface area contributed by atoms with Gasteiger partial charge >= 0.3 is 0 Å². The first-order valence-electron chi connectivity index (χ1n) is 7.15. The molecule has 0 spiro atoms. The Morgan fingerprint density at radius 2 is 2.25 bits per heavy atom. The van der Waals surface area contributed by atoms with E-state index in [0.29, 0.717) is 24.1 Å². The zero-order valence-corrected chi connectivity index (χ0v) is 11.4. The first-order chi connectivity index (χ1) is 9.61. The van der Waals surface area contributed by atoms with E-state index in [9.17, 15) is 9.18 Å². The van der Waals surface area contributed by atoms with Gasteiger partial charge in [0.2, 0.25) is 5.91 Å². The Morgan fingerprint density at radius 3 is 3.00 bits per heavy atom. The van der Waals surface area contributed by atoms with Gasteiger partial charge in [0.25, 0.3) is 0 Å². The Kier molecular flexibility index (Phi) is 3.72. The lowest BCUT2D eigenvalue weighted by Gasteiger charge is -2.17. The number of nitrogens with one attached hydrogen (secondary N) is 1. The van der Waals surface area contributed by atoms with Gasteiger partial charge in [0.1, 0.15) is 5.82 Å². The summed E-state index contributed by atoms with van der Waals surface area (Å²) in [6.45, 7) is 2.22. The van der Waals surface area contributed by atoms with Crippen molar-refractivity contribution in [1.29, 1.82) is 0 Å². The number of amides is 1. The lowest BCUT2D eigenvalue weighted by Crippen LogP contribution is -2.34. The van der Waals surface area contributed by atoms with Gasteiger partial charge in [0.15, 0.2) is 0 Å². The molecule has 1 aromatic carbocycles. The monoisotopic (exact) mass is 277 g/mol. The van der Waals surface area contributed by atoms with Crippen molar-refractivity contribution in [2.45, 2.75) is 18.9 Å². The van der Waals surface area contributed by atoms with Gasteiger partial charge in [-0.05, 0) is 42.9 Å². The third-order valence-corrected chi connectivity index (χ3v) is 4.46. The molecule has 0 bridgehead atoms. The molecule has 1 saturated carbocycles. The fourth-order valence-corrected chi connectivity index (χ4v) is 3.50. The molecule has 20 heavy (non-hydrogen) atoms. The molecule has 108 valence electrons. The number of halogens is 1. The molecular weight excluding hydrogens is 257 g/mol. The summed E-state index contributed by atoms with van der Waals surface area (Å²) in [5.41, 5.74) is 6.59. The number of nitrogens with two attached hydrogens (primary N) is 1. The van der Waals surface area contributed by atoms with Gasteiger partial charge < -0.3 is 11.1 Å². The third kappa shape index (κ3) is 2.83. The summed E-state index contributed by atoms with van der Waals surface area (Å²) in [5, 5.41) is 2.73. The van der Waals surface area contributed by atoms with Gasteiger partial charge in [-0.25, -0.2) is 4.39 Å². The average molecular weight is 277 g/mol. The Labute approximate surface area is 118 Å². The number of rotatable bonds is 3. The van der Waals surface area contributed by atoms with Crippen molar-refractivity contribution in [2.24, 2.45) is 17.6 Å². The van der Waals surface area contributed by atoms with Crippen molar-refractivity contribution < 1.29 is 9.18 Å². The minimum Gasteiger partial charge on any atom is -0.327 e. The molecule has 2 fully saturated rings. The van der Waals surface area contributed by atoms with Crippen molar-refractivity contribution in [3.63, 3.8) is 0 Å². The van der Waals surface area contributed by atoms with Gasteiger partial charge in [0, 0.05) is 24.8 Å². The predicted octanol–water partition coefficient (Wildman–Crippen LogP) is 1.43. The van der Waals surface area contributed by atoms with E-state index in [1.165, 1.54) is 18.6 Å². The SMILES string of the molecule is NC1CCC2CN(CC(=O)Nc3cccc(F)c3)CC12. The van der Waals surface area contributed by atoms with Crippen LogP contribution >= 0.6 is 0 Å². The minimum absolute atomic E-state index is 0.0934. The van der Waals surface area contributed by atoms with Gasteiger partial charge in [-0.15, -0.1) is 0 Å². The van der Waals surface area contributed by atoms with Crippen molar-refractivity contribution in [2.75, 3.05) is 25.0 Å². The number of hydrogen-bond donors (Lipinski definition) is 2. The molecule has 4 nitrogen and oxygen atoms in total. The first kappa shape index (κ1) is 13.5. The third-order valence-electron chi connectivity index (χ3n) is 4.46. The van der Waals surface area contributed by atoms with Crippen LogP contribution in [0.15, 0.2) is 24.3 Å². The van der Waals surface area contributed by atoms with Crippen LogP contribution in [0, 0.1) is 17.7 Å². The van der Waals surface area contributed by atoms with E-state index in [4.69, 9.17) is 5.73 Å². The van der Waals surface area contributed by atoms with Gasteiger partial charge in [-0.3, -0.25) is 9.69 Å². The average Bonchev–Trinajstić information content (AvgIpc) is 2.92. The second-order valence-corrected chi connectivity index (χ2v) is 5.92. The molecule has 3 rings (SSSR count). The smallest absolute Gasteiger partial charge is 0.238 e. The molecule has 0 aromatic heterocycles. The van der Waals surface area contributed by atoms with E-state index >= 15 is 0 Å². The molecule has 1 amide bonds. The molecule has 0 radical (unpaired) electrons. The van der Waals surface area contributed by atoms with Crippen LogP contribution in [0.25, 0.3) is 0 Å². The number of benzene rings is 1. The maximum Gasteiger partial charge on any atom is 0.238 e. The number of hydrogen-bond acceptors (Lipinski definition) is 3. The molecule has 1 aromatic rings. The van der Waals surface area contributed by atoms with Crippen LogP contribution in [0.4, 0.5) is 10.1 Å². The second kappa shape index (κ2) is 5.50. The quantitative estimate of drug-likeness (QED) is 0.879. The number of likely N-dealkylation sites (tertiary alicyclic amines) is 1. The lowest BCUT2D eigenvalue weighted by atomic mass is 9.98. The Balaban J connectivity index is 1.53. The van der Waals surface area contributed by atoms with Crippen LogP contribution < -0.4 is 11.1 Å².